The van der Waals surface area contributed by atoms with Gasteiger partial charge in [0.05, 0.1) is 19.3 Å². The number of hydrogen-bond donors (Lipinski definition) is 0. The Morgan fingerprint density at radius 3 is 2.15 bits per heavy atom. The summed E-state index contributed by atoms with van der Waals surface area (Å²) in [7, 11) is -3.24. The summed E-state index contributed by atoms with van der Waals surface area (Å²) in [5.74, 6) is 0. The van der Waals surface area contributed by atoms with E-state index >= 15 is 0 Å². The molecule has 0 atom stereocenters. The highest BCUT2D eigenvalue weighted by Crippen LogP contribution is 2.51. The summed E-state index contributed by atoms with van der Waals surface area (Å²) in [6.07, 6.45) is 2.77. The molecule has 0 radical (unpaired) electrons. The van der Waals surface area contributed by atoms with Crippen molar-refractivity contribution in [2.24, 2.45) is 0 Å². The quantitative estimate of drug-likeness (QED) is 0.654. The normalized spacial score (nSPS) is 23.9. The van der Waals surface area contributed by atoms with Crippen LogP contribution < -0.4 is 0 Å². The van der Waals surface area contributed by atoms with Gasteiger partial charge in [-0.2, -0.15) is 0 Å². The van der Waals surface area contributed by atoms with Gasteiger partial charge in [-0.1, -0.05) is 0 Å². The van der Waals surface area contributed by atoms with E-state index in [1.54, 1.807) is 0 Å². The van der Waals surface area contributed by atoms with Crippen molar-refractivity contribution in [3.8, 4) is 0 Å². The topological polar surface area (TPSA) is 44.8 Å². The Kier molecular flexibility index (Phi) is 4.39. The zero-order valence-corrected chi connectivity index (χ0v) is 9.09. The van der Waals surface area contributed by atoms with Gasteiger partial charge in [0.1, 0.15) is 0 Å². The van der Waals surface area contributed by atoms with Crippen LogP contribution in [0, 0.1) is 0 Å². The Labute approximate surface area is 79.2 Å². The maximum absolute atomic E-state index is 11.7. The Balaban J connectivity index is 2.47. The molecule has 0 saturated carbocycles. The standard InChI is InChI=1S/C8H17O4P/c1-8(2)12-13(9)10-6-4-3-5-7-11-13/h8H,3-7H2,1-2H3. The zero-order valence-electron chi connectivity index (χ0n) is 8.19. The summed E-state index contributed by atoms with van der Waals surface area (Å²) in [5, 5.41) is 0. The molecule has 1 aliphatic heterocycles. The van der Waals surface area contributed by atoms with E-state index in [-0.39, 0.29) is 6.10 Å². The first-order valence-corrected chi connectivity index (χ1v) is 6.16. The molecule has 1 aliphatic rings. The SMILES string of the molecule is CC(C)OP1(=O)OCCCCCO1. The molecule has 0 amide bonds. The summed E-state index contributed by atoms with van der Waals surface area (Å²) in [5.41, 5.74) is 0. The fourth-order valence-electron chi connectivity index (χ4n) is 1.09. The minimum Gasteiger partial charge on any atom is -0.287 e. The van der Waals surface area contributed by atoms with Gasteiger partial charge in [-0.3, -0.25) is 13.6 Å². The smallest absolute Gasteiger partial charge is 0.287 e. The predicted molar refractivity (Wildman–Crippen MR) is 49.6 cm³/mol. The molecule has 0 N–H and O–H groups in total. The predicted octanol–water partition coefficient (Wildman–Crippen LogP) is 2.74. The van der Waals surface area contributed by atoms with Crippen molar-refractivity contribution in [2.45, 2.75) is 39.2 Å². The van der Waals surface area contributed by atoms with Gasteiger partial charge in [0.2, 0.25) is 0 Å². The average Bonchev–Trinajstić information content (AvgIpc) is 1.97. The summed E-state index contributed by atoms with van der Waals surface area (Å²) >= 11 is 0. The summed E-state index contributed by atoms with van der Waals surface area (Å²) in [4.78, 5) is 0. The molecule has 0 aromatic carbocycles. The number of phosphoric acid groups is 1. The van der Waals surface area contributed by atoms with Crippen LogP contribution in [0.4, 0.5) is 0 Å². The molecule has 1 rings (SSSR count). The fourth-order valence-corrected chi connectivity index (χ4v) is 2.51. The van der Waals surface area contributed by atoms with Crippen LogP contribution >= 0.6 is 7.82 Å². The Bertz CT molecular complexity index is 181. The molecule has 1 heterocycles. The molecule has 1 fully saturated rings. The van der Waals surface area contributed by atoms with Crippen LogP contribution in [0.2, 0.25) is 0 Å². The Morgan fingerprint density at radius 2 is 1.69 bits per heavy atom. The third kappa shape index (κ3) is 4.23. The zero-order chi connectivity index (χ0) is 9.73. The van der Waals surface area contributed by atoms with Crippen LogP contribution in [0.25, 0.3) is 0 Å². The summed E-state index contributed by atoms with van der Waals surface area (Å²) < 4.78 is 27.1. The monoisotopic (exact) mass is 208 g/mol. The average molecular weight is 208 g/mol. The molecule has 0 bridgehead atoms. The van der Waals surface area contributed by atoms with Gasteiger partial charge >= 0.3 is 7.82 Å². The Morgan fingerprint density at radius 1 is 1.15 bits per heavy atom. The van der Waals surface area contributed by atoms with E-state index in [1.165, 1.54) is 0 Å². The molecule has 78 valence electrons. The number of hydrogen-bond acceptors (Lipinski definition) is 4. The summed E-state index contributed by atoms with van der Waals surface area (Å²) in [6.45, 7) is 4.55. The van der Waals surface area contributed by atoms with E-state index in [9.17, 15) is 4.57 Å². The van der Waals surface area contributed by atoms with Crippen LogP contribution in [0.1, 0.15) is 33.1 Å². The lowest BCUT2D eigenvalue weighted by Crippen LogP contribution is -2.09. The second-order valence-corrected chi connectivity index (χ2v) is 4.95. The third-order valence-corrected chi connectivity index (χ3v) is 3.30. The largest absolute Gasteiger partial charge is 0.475 e. The van der Waals surface area contributed by atoms with Gasteiger partial charge in [0.15, 0.2) is 0 Å². The van der Waals surface area contributed by atoms with Crippen LogP contribution in [0.3, 0.4) is 0 Å². The first kappa shape index (κ1) is 11.2. The molecule has 0 aromatic rings. The van der Waals surface area contributed by atoms with Crippen LogP contribution in [0.15, 0.2) is 0 Å². The van der Waals surface area contributed by atoms with E-state index in [1.807, 2.05) is 13.8 Å². The molecule has 0 spiro atoms. The van der Waals surface area contributed by atoms with Crippen molar-refractivity contribution < 1.29 is 18.1 Å². The van der Waals surface area contributed by atoms with Gasteiger partial charge in [-0.05, 0) is 33.1 Å². The molecule has 4 nitrogen and oxygen atoms in total. The van der Waals surface area contributed by atoms with Gasteiger partial charge in [-0.15, -0.1) is 0 Å². The maximum atomic E-state index is 11.7. The number of phosphoric ester groups is 1. The van der Waals surface area contributed by atoms with E-state index in [0.717, 1.165) is 19.3 Å². The second kappa shape index (κ2) is 5.11. The number of rotatable bonds is 2. The van der Waals surface area contributed by atoms with Crippen molar-refractivity contribution in [2.75, 3.05) is 13.2 Å². The van der Waals surface area contributed by atoms with Crippen LogP contribution in [-0.2, 0) is 18.1 Å². The van der Waals surface area contributed by atoms with E-state index < -0.39 is 7.82 Å². The van der Waals surface area contributed by atoms with Crippen LogP contribution in [0.5, 0.6) is 0 Å². The van der Waals surface area contributed by atoms with Gasteiger partial charge in [-0.25, -0.2) is 4.57 Å². The third-order valence-electron chi connectivity index (χ3n) is 1.63. The highest BCUT2D eigenvalue weighted by molar-refractivity contribution is 7.48. The van der Waals surface area contributed by atoms with Gasteiger partial charge in [0, 0.05) is 0 Å². The van der Waals surface area contributed by atoms with Crippen molar-refractivity contribution >= 4 is 7.82 Å². The minimum absolute atomic E-state index is 0.134. The molecule has 5 heteroatoms. The Hall–Kier alpha value is 0.110. The maximum Gasteiger partial charge on any atom is 0.475 e. The lowest BCUT2D eigenvalue weighted by atomic mass is 10.2. The molecule has 0 aromatic heterocycles. The highest BCUT2D eigenvalue weighted by atomic mass is 31.2. The van der Waals surface area contributed by atoms with Crippen molar-refractivity contribution in [3.63, 3.8) is 0 Å². The molecule has 13 heavy (non-hydrogen) atoms. The summed E-state index contributed by atoms with van der Waals surface area (Å²) in [6, 6.07) is 0. The second-order valence-electron chi connectivity index (χ2n) is 3.33. The lowest BCUT2D eigenvalue weighted by molar-refractivity contribution is 0.0796. The molecule has 0 unspecified atom stereocenters. The first-order valence-electron chi connectivity index (χ1n) is 4.70. The van der Waals surface area contributed by atoms with Crippen LogP contribution in [-0.4, -0.2) is 19.3 Å². The fraction of sp³-hybridized carbons (Fsp3) is 1.00. The molecular weight excluding hydrogens is 191 g/mol. The first-order chi connectivity index (χ1) is 6.12. The highest BCUT2D eigenvalue weighted by Gasteiger charge is 2.28. The minimum atomic E-state index is -3.24. The van der Waals surface area contributed by atoms with Crippen molar-refractivity contribution in [3.05, 3.63) is 0 Å². The van der Waals surface area contributed by atoms with E-state index in [4.69, 9.17) is 13.6 Å². The van der Waals surface area contributed by atoms with Gasteiger partial charge in [0.25, 0.3) is 0 Å². The lowest BCUT2D eigenvalue weighted by Gasteiger charge is -2.21. The van der Waals surface area contributed by atoms with Crippen molar-refractivity contribution in [1.29, 1.82) is 0 Å². The van der Waals surface area contributed by atoms with E-state index in [2.05, 4.69) is 0 Å². The molecular formula is C8H17O4P. The van der Waals surface area contributed by atoms with Crippen molar-refractivity contribution in [1.82, 2.24) is 0 Å². The molecule has 1 saturated heterocycles. The molecule has 0 aliphatic carbocycles. The van der Waals surface area contributed by atoms with E-state index in [0.29, 0.717) is 13.2 Å². The van der Waals surface area contributed by atoms with Gasteiger partial charge < -0.3 is 0 Å².